The molecule has 6 heteroatoms. The normalized spacial score (nSPS) is 24.9. The molecule has 2 aromatic rings. The fourth-order valence-electron chi connectivity index (χ4n) is 3.62. The van der Waals surface area contributed by atoms with Crippen molar-refractivity contribution in [3.8, 4) is 11.3 Å². The van der Waals surface area contributed by atoms with Crippen LogP contribution in [0.25, 0.3) is 11.3 Å². The smallest absolute Gasteiger partial charge is 0.142 e. The topological polar surface area (TPSA) is 67.5 Å². The Bertz CT molecular complexity index is 705. The third kappa shape index (κ3) is 3.13. The second-order valence-corrected chi connectivity index (χ2v) is 6.68. The molecule has 2 N–H and O–H groups in total. The van der Waals surface area contributed by atoms with Gasteiger partial charge in [-0.2, -0.15) is 0 Å². The summed E-state index contributed by atoms with van der Waals surface area (Å²) in [5.41, 5.74) is 8.86. The Balaban J connectivity index is 1.43. The molecule has 2 aliphatic rings. The first-order valence-corrected chi connectivity index (χ1v) is 8.40. The van der Waals surface area contributed by atoms with Gasteiger partial charge in [0.15, 0.2) is 0 Å². The molecule has 0 radical (unpaired) electrons. The minimum Gasteiger partial charge on any atom is -0.382 e. The number of nitrogens with zero attached hydrogens (tertiary/aromatic N) is 4. The van der Waals surface area contributed by atoms with Crippen LogP contribution in [0, 0.1) is 0 Å². The minimum absolute atomic E-state index is 0.352. The molecule has 0 aliphatic carbocycles. The Morgan fingerprint density at radius 2 is 2.04 bits per heavy atom. The summed E-state index contributed by atoms with van der Waals surface area (Å²) < 4.78 is 5.92. The van der Waals surface area contributed by atoms with E-state index in [2.05, 4.69) is 51.1 Å². The van der Waals surface area contributed by atoms with Gasteiger partial charge in [0.05, 0.1) is 30.8 Å². The van der Waals surface area contributed by atoms with E-state index in [4.69, 9.17) is 10.5 Å². The number of ether oxygens (including phenoxy) is 1. The number of likely N-dealkylation sites (tertiary alicyclic amines) is 1. The Morgan fingerprint density at radius 1 is 1.21 bits per heavy atom. The average Bonchev–Trinajstić information content (AvgIpc) is 2.99. The number of likely N-dealkylation sites (N-methyl/N-ethyl adjacent to an activating group) is 1. The first kappa shape index (κ1) is 15.5. The van der Waals surface area contributed by atoms with Crippen molar-refractivity contribution in [2.75, 3.05) is 39.0 Å². The van der Waals surface area contributed by atoms with Crippen LogP contribution in [0.15, 0.2) is 36.7 Å². The molecule has 0 saturated carbocycles. The molecule has 3 heterocycles. The van der Waals surface area contributed by atoms with Crippen molar-refractivity contribution >= 4 is 5.82 Å². The lowest BCUT2D eigenvalue weighted by atomic mass is 10.1. The minimum atomic E-state index is 0.352. The monoisotopic (exact) mass is 325 g/mol. The van der Waals surface area contributed by atoms with Crippen LogP contribution >= 0.6 is 0 Å². The van der Waals surface area contributed by atoms with E-state index in [1.165, 1.54) is 5.56 Å². The number of fused-ring (bicyclic) bond motifs is 1. The standard InChI is InChI=1S/C18H23N5O/c1-22-6-7-24-17-12-23(11-16(17)22)10-13-2-4-14(5-3-13)15-8-20-9-18(19)21-15/h2-5,8-9,16-17H,6-7,10-12H2,1H3,(H2,19,21)/t16-,17-/m0/s1. The Kier molecular flexibility index (Phi) is 4.18. The van der Waals surface area contributed by atoms with Gasteiger partial charge >= 0.3 is 0 Å². The Hall–Kier alpha value is -2.02. The van der Waals surface area contributed by atoms with E-state index in [-0.39, 0.29) is 0 Å². The molecule has 2 saturated heterocycles. The van der Waals surface area contributed by atoms with Crippen molar-refractivity contribution in [3.63, 3.8) is 0 Å². The molecular formula is C18H23N5O. The number of benzene rings is 1. The number of nitrogens with two attached hydrogens (primary N) is 1. The molecule has 4 rings (SSSR count). The van der Waals surface area contributed by atoms with Gasteiger partial charge in [-0.1, -0.05) is 24.3 Å². The first-order valence-electron chi connectivity index (χ1n) is 8.40. The molecular weight excluding hydrogens is 302 g/mol. The van der Waals surface area contributed by atoms with E-state index < -0.39 is 0 Å². The Morgan fingerprint density at radius 3 is 2.79 bits per heavy atom. The number of aromatic nitrogens is 2. The van der Waals surface area contributed by atoms with Crippen LogP contribution in [0.2, 0.25) is 0 Å². The molecule has 6 nitrogen and oxygen atoms in total. The second-order valence-electron chi connectivity index (χ2n) is 6.68. The maximum atomic E-state index is 5.92. The average molecular weight is 325 g/mol. The summed E-state index contributed by atoms with van der Waals surface area (Å²) in [5.74, 6) is 0.445. The molecule has 2 aliphatic heterocycles. The van der Waals surface area contributed by atoms with Gasteiger partial charge in [0, 0.05) is 37.8 Å². The molecule has 0 unspecified atom stereocenters. The molecule has 1 aromatic carbocycles. The van der Waals surface area contributed by atoms with Gasteiger partial charge in [-0.25, -0.2) is 4.98 Å². The molecule has 0 spiro atoms. The van der Waals surface area contributed by atoms with E-state index in [1.807, 2.05) is 0 Å². The summed E-state index contributed by atoms with van der Waals surface area (Å²) in [6, 6.07) is 9.02. The molecule has 2 fully saturated rings. The highest BCUT2D eigenvalue weighted by Gasteiger charge is 2.38. The summed E-state index contributed by atoms with van der Waals surface area (Å²) >= 11 is 0. The van der Waals surface area contributed by atoms with Gasteiger partial charge in [0.1, 0.15) is 5.82 Å². The summed E-state index contributed by atoms with van der Waals surface area (Å²) in [6.07, 6.45) is 3.65. The van der Waals surface area contributed by atoms with E-state index in [9.17, 15) is 0 Å². The largest absolute Gasteiger partial charge is 0.382 e. The second kappa shape index (κ2) is 6.47. The third-order valence-corrected chi connectivity index (χ3v) is 4.96. The number of morpholine rings is 1. The molecule has 0 amide bonds. The highest BCUT2D eigenvalue weighted by atomic mass is 16.5. The molecule has 2 atom stereocenters. The van der Waals surface area contributed by atoms with Crippen molar-refractivity contribution in [1.82, 2.24) is 19.8 Å². The van der Waals surface area contributed by atoms with E-state index in [1.54, 1.807) is 12.4 Å². The predicted octanol–water partition coefficient (Wildman–Crippen LogP) is 1.24. The van der Waals surface area contributed by atoms with E-state index in [0.717, 1.165) is 44.0 Å². The van der Waals surface area contributed by atoms with Gasteiger partial charge in [-0.15, -0.1) is 0 Å². The first-order chi connectivity index (χ1) is 11.7. The van der Waals surface area contributed by atoms with Gasteiger partial charge < -0.3 is 10.5 Å². The van der Waals surface area contributed by atoms with Gasteiger partial charge in [0.25, 0.3) is 0 Å². The van der Waals surface area contributed by atoms with E-state index >= 15 is 0 Å². The fourth-order valence-corrected chi connectivity index (χ4v) is 3.62. The highest BCUT2D eigenvalue weighted by molar-refractivity contribution is 5.59. The summed E-state index contributed by atoms with van der Waals surface area (Å²) in [5, 5.41) is 0. The zero-order chi connectivity index (χ0) is 16.5. The SMILES string of the molecule is CN1CCO[C@H]2CN(Cc3ccc(-c4cncc(N)n4)cc3)C[C@@H]21. The van der Waals surface area contributed by atoms with Crippen LogP contribution < -0.4 is 5.73 Å². The van der Waals surface area contributed by atoms with Crippen LogP contribution in [0.5, 0.6) is 0 Å². The molecule has 1 aromatic heterocycles. The van der Waals surface area contributed by atoms with Gasteiger partial charge in [-0.3, -0.25) is 14.8 Å². The lowest BCUT2D eigenvalue weighted by molar-refractivity contribution is -0.0370. The number of hydrogen-bond acceptors (Lipinski definition) is 6. The molecule has 126 valence electrons. The van der Waals surface area contributed by atoms with Crippen molar-refractivity contribution in [2.24, 2.45) is 0 Å². The van der Waals surface area contributed by atoms with Crippen molar-refractivity contribution < 1.29 is 4.74 Å². The number of rotatable bonds is 3. The van der Waals surface area contributed by atoms with Gasteiger partial charge in [0.2, 0.25) is 0 Å². The van der Waals surface area contributed by atoms with E-state index in [0.29, 0.717) is 18.0 Å². The van der Waals surface area contributed by atoms with Crippen molar-refractivity contribution in [1.29, 1.82) is 0 Å². The number of nitrogen functional groups attached to an aromatic ring is 1. The Labute approximate surface area is 142 Å². The van der Waals surface area contributed by atoms with Gasteiger partial charge in [-0.05, 0) is 12.6 Å². The van der Waals surface area contributed by atoms with Crippen LogP contribution in [-0.2, 0) is 11.3 Å². The zero-order valence-electron chi connectivity index (χ0n) is 13.9. The summed E-state index contributed by atoms with van der Waals surface area (Å²) in [7, 11) is 2.20. The predicted molar refractivity (Wildman–Crippen MR) is 93.3 cm³/mol. The zero-order valence-corrected chi connectivity index (χ0v) is 13.9. The van der Waals surface area contributed by atoms with Crippen LogP contribution in [0.4, 0.5) is 5.82 Å². The molecule has 0 bridgehead atoms. The van der Waals surface area contributed by atoms with Crippen LogP contribution in [0.3, 0.4) is 0 Å². The quantitative estimate of drug-likeness (QED) is 0.916. The fraction of sp³-hybridized carbons (Fsp3) is 0.444. The molecule has 24 heavy (non-hydrogen) atoms. The summed E-state index contributed by atoms with van der Waals surface area (Å²) in [6.45, 7) is 4.92. The van der Waals surface area contributed by atoms with Crippen molar-refractivity contribution in [3.05, 3.63) is 42.2 Å². The third-order valence-electron chi connectivity index (χ3n) is 4.96. The van der Waals surface area contributed by atoms with Crippen molar-refractivity contribution in [2.45, 2.75) is 18.7 Å². The summed E-state index contributed by atoms with van der Waals surface area (Å²) in [4.78, 5) is 13.3. The lowest BCUT2D eigenvalue weighted by Crippen LogP contribution is -2.48. The van der Waals surface area contributed by atoms with Crippen LogP contribution in [-0.4, -0.2) is 65.2 Å². The van der Waals surface area contributed by atoms with Crippen LogP contribution in [0.1, 0.15) is 5.56 Å². The lowest BCUT2D eigenvalue weighted by Gasteiger charge is -2.33. The number of hydrogen-bond donors (Lipinski definition) is 1. The maximum Gasteiger partial charge on any atom is 0.142 e. The number of anilines is 1. The maximum absolute atomic E-state index is 5.92. The highest BCUT2D eigenvalue weighted by Crippen LogP contribution is 2.24.